The van der Waals surface area contributed by atoms with Gasteiger partial charge in [-0.3, -0.25) is 0 Å². The molecule has 0 bridgehead atoms. The van der Waals surface area contributed by atoms with E-state index < -0.39 is 8.32 Å². The highest BCUT2D eigenvalue weighted by atomic mass is 28.4. The molecule has 0 aromatic heterocycles. The molecule has 0 aliphatic carbocycles. The molecule has 2 rings (SSSR count). The Morgan fingerprint density at radius 3 is 2.26 bits per heavy atom. The van der Waals surface area contributed by atoms with Crippen molar-refractivity contribution in [3.63, 3.8) is 0 Å². The summed E-state index contributed by atoms with van der Waals surface area (Å²) in [5, 5.41) is 2.86. The molecule has 0 aliphatic heterocycles. The predicted octanol–water partition coefficient (Wildman–Crippen LogP) is 7.09. The minimum absolute atomic E-state index is 0.223. The summed E-state index contributed by atoms with van der Waals surface area (Å²) in [5.74, 6) is 0. The zero-order valence-corrected chi connectivity index (χ0v) is 16.6. The summed E-state index contributed by atoms with van der Waals surface area (Å²) in [4.78, 5) is 0. The zero-order chi connectivity index (χ0) is 17.1. The number of hydrogen-bond acceptors (Lipinski definition) is 1. The molecular weight excluding hydrogens is 296 g/mol. The second-order valence-corrected chi connectivity index (χ2v) is 12.9. The van der Waals surface area contributed by atoms with Crippen LogP contribution in [-0.4, -0.2) is 8.32 Å². The highest BCUT2D eigenvalue weighted by Crippen LogP contribution is 2.41. The van der Waals surface area contributed by atoms with Crippen molar-refractivity contribution in [2.24, 2.45) is 0 Å². The summed E-state index contributed by atoms with van der Waals surface area (Å²) in [6.45, 7) is 13.9. The molecular formula is C21H32OSi. The molecule has 2 aromatic rings. The summed E-state index contributed by atoms with van der Waals surface area (Å²) < 4.78 is 6.78. The van der Waals surface area contributed by atoms with E-state index in [2.05, 4.69) is 83.3 Å². The maximum Gasteiger partial charge on any atom is 0.192 e. The van der Waals surface area contributed by atoms with E-state index in [9.17, 15) is 0 Å². The van der Waals surface area contributed by atoms with Crippen molar-refractivity contribution in [1.82, 2.24) is 0 Å². The van der Waals surface area contributed by atoms with E-state index in [4.69, 9.17) is 4.43 Å². The third-order valence-electron chi connectivity index (χ3n) is 5.21. The van der Waals surface area contributed by atoms with E-state index in [-0.39, 0.29) is 11.1 Å². The second kappa shape index (κ2) is 7.19. The largest absolute Gasteiger partial charge is 0.410 e. The maximum absolute atomic E-state index is 6.78. The van der Waals surface area contributed by atoms with Gasteiger partial charge in [-0.25, -0.2) is 0 Å². The standard InChI is InChI=1S/C21H32OSi/c1-7-8-13-20(22-23(5,6)21(2,3)4)19-15-14-17-11-9-10-12-18(17)16-19/h9-12,14-16,20H,7-8,13H2,1-6H3. The van der Waals surface area contributed by atoms with Crippen LogP contribution in [0.15, 0.2) is 42.5 Å². The molecule has 0 N–H and O–H groups in total. The molecule has 2 heteroatoms. The van der Waals surface area contributed by atoms with Gasteiger partial charge in [0.1, 0.15) is 0 Å². The predicted molar refractivity (Wildman–Crippen MR) is 104 cm³/mol. The van der Waals surface area contributed by atoms with Crippen molar-refractivity contribution in [1.29, 1.82) is 0 Å². The summed E-state index contributed by atoms with van der Waals surface area (Å²) in [7, 11) is -1.77. The van der Waals surface area contributed by atoms with E-state index in [1.807, 2.05) is 0 Å². The smallest absolute Gasteiger partial charge is 0.192 e. The fourth-order valence-corrected chi connectivity index (χ4v) is 3.94. The molecule has 0 heterocycles. The molecule has 0 spiro atoms. The van der Waals surface area contributed by atoms with Crippen molar-refractivity contribution >= 4 is 19.1 Å². The van der Waals surface area contributed by atoms with Crippen molar-refractivity contribution in [3.8, 4) is 0 Å². The lowest BCUT2D eigenvalue weighted by atomic mass is 10.0. The highest BCUT2D eigenvalue weighted by Gasteiger charge is 2.39. The zero-order valence-electron chi connectivity index (χ0n) is 15.6. The Morgan fingerprint density at radius 1 is 1.00 bits per heavy atom. The topological polar surface area (TPSA) is 9.23 Å². The summed E-state index contributed by atoms with van der Waals surface area (Å²) in [5.41, 5.74) is 1.34. The van der Waals surface area contributed by atoms with Crippen LogP contribution < -0.4 is 0 Å². The van der Waals surface area contributed by atoms with Gasteiger partial charge in [0.15, 0.2) is 8.32 Å². The van der Waals surface area contributed by atoms with Gasteiger partial charge in [-0.1, -0.05) is 76.9 Å². The fourth-order valence-electron chi connectivity index (χ4n) is 2.62. The third-order valence-corrected chi connectivity index (χ3v) is 9.69. The molecule has 1 unspecified atom stereocenters. The SMILES string of the molecule is CCCCC(O[Si](C)(C)C(C)(C)C)c1ccc2ccccc2c1. The van der Waals surface area contributed by atoms with Crippen LogP contribution in [0.1, 0.15) is 58.6 Å². The Hall–Kier alpha value is -1.12. The average molecular weight is 329 g/mol. The van der Waals surface area contributed by atoms with E-state index in [1.165, 1.54) is 29.2 Å². The number of unbranched alkanes of at least 4 members (excludes halogenated alkanes) is 1. The monoisotopic (exact) mass is 328 g/mol. The average Bonchev–Trinajstić information content (AvgIpc) is 2.49. The molecule has 0 fully saturated rings. The highest BCUT2D eigenvalue weighted by molar-refractivity contribution is 6.74. The van der Waals surface area contributed by atoms with Crippen LogP contribution in [0.3, 0.4) is 0 Å². The van der Waals surface area contributed by atoms with E-state index in [1.54, 1.807) is 0 Å². The van der Waals surface area contributed by atoms with Crippen LogP contribution in [0, 0.1) is 0 Å². The van der Waals surface area contributed by atoms with Crippen LogP contribution >= 0.6 is 0 Å². The van der Waals surface area contributed by atoms with Crippen molar-refractivity contribution in [2.75, 3.05) is 0 Å². The molecule has 0 saturated heterocycles. The lowest BCUT2D eigenvalue weighted by Gasteiger charge is -2.39. The van der Waals surface area contributed by atoms with Crippen molar-refractivity contribution in [2.45, 2.75) is 71.2 Å². The molecule has 1 atom stereocenters. The van der Waals surface area contributed by atoms with E-state index in [0.717, 1.165) is 6.42 Å². The van der Waals surface area contributed by atoms with Crippen LogP contribution in [0.25, 0.3) is 10.8 Å². The first-order valence-corrected chi connectivity index (χ1v) is 11.8. The molecule has 126 valence electrons. The maximum atomic E-state index is 6.78. The number of fused-ring (bicyclic) bond motifs is 1. The van der Waals surface area contributed by atoms with Gasteiger partial charge >= 0.3 is 0 Å². The Kier molecular flexibility index (Phi) is 5.69. The van der Waals surface area contributed by atoms with Gasteiger partial charge in [0.25, 0.3) is 0 Å². The fraction of sp³-hybridized carbons (Fsp3) is 0.524. The molecule has 1 nitrogen and oxygen atoms in total. The molecule has 2 aromatic carbocycles. The van der Waals surface area contributed by atoms with Crippen LogP contribution in [0.5, 0.6) is 0 Å². The van der Waals surface area contributed by atoms with Gasteiger partial charge in [0, 0.05) is 0 Å². The Balaban J connectivity index is 2.32. The van der Waals surface area contributed by atoms with E-state index in [0.29, 0.717) is 0 Å². The molecule has 0 amide bonds. The second-order valence-electron chi connectivity index (χ2n) is 8.12. The lowest BCUT2D eigenvalue weighted by molar-refractivity contribution is 0.170. The molecule has 0 radical (unpaired) electrons. The van der Waals surface area contributed by atoms with Crippen LogP contribution in [0.2, 0.25) is 18.1 Å². The summed E-state index contributed by atoms with van der Waals surface area (Å²) in [6.07, 6.45) is 3.76. The molecule has 0 saturated carbocycles. The Labute approximate surface area is 143 Å². The van der Waals surface area contributed by atoms with Crippen molar-refractivity contribution < 1.29 is 4.43 Å². The molecule has 0 aliphatic rings. The number of rotatable bonds is 6. The first kappa shape index (κ1) is 18.2. The molecule has 23 heavy (non-hydrogen) atoms. The first-order chi connectivity index (χ1) is 10.7. The van der Waals surface area contributed by atoms with Gasteiger partial charge < -0.3 is 4.43 Å². The van der Waals surface area contributed by atoms with Gasteiger partial charge in [-0.2, -0.15) is 0 Å². The summed E-state index contributed by atoms with van der Waals surface area (Å²) >= 11 is 0. The number of benzene rings is 2. The van der Waals surface area contributed by atoms with Crippen molar-refractivity contribution in [3.05, 3.63) is 48.0 Å². The third kappa shape index (κ3) is 4.45. The summed E-state index contributed by atoms with van der Waals surface area (Å²) in [6, 6.07) is 15.4. The van der Waals surface area contributed by atoms with Gasteiger partial charge in [-0.15, -0.1) is 0 Å². The minimum Gasteiger partial charge on any atom is -0.410 e. The van der Waals surface area contributed by atoms with Crippen LogP contribution in [-0.2, 0) is 4.43 Å². The Morgan fingerprint density at radius 2 is 1.65 bits per heavy atom. The van der Waals surface area contributed by atoms with Gasteiger partial charge in [-0.05, 0) is 47.0 Å². The van der Waals surface area contributed by atoms with E-state index >= 15 is 0 Å². The van der Waals surface area contributed by atoms with Gasteiger partial charge in [0.05, 0.1) is 6.10 Å². The van der Waals surface area contributed by atoms with Crippen LogP contribution in [0.4, 0.5) is 0 Å². The quantitative estimate of drug-likeness (QED) is 0.514. The normalized spacial score (nSPS) is 14.2. The lowest BCUT2D eigenvalue weighted by Crippen LogP contribution is -2.41. The first-order valence-electron chi connectivity index (χ1n) is 8.91. The minimum atomic E-state index is -1.77. The van der Waals surface area contributed by atoms with Gasteiger partial charge in [0.2, 0.25) is 0 Å². The Bertz CT molecular complexity index is 640. The number of hydrogen-bond donors (Lipinski definition) is 0.